The summed E-state index contributed by atoms with van der Waals surface area (Å²) >= 11 is 0. The third kappa shape index (κ3) is 2.70. The third-order valence-corrected chi connectivity index (χ3v) is 4.18. The summed E-state index contributed by atoms with van der Waals surface area (Å²) in [5, 5.41) is 15.4. The molecule has 1 heterocycles. The van der Waals surface area contributed by atoms with Gasteiger partial charge in [0, 0.05) is 38.8 Å². The molecular weight excluding hydrogens is 248 g/mol. The molecule has 20 heavy (non-hydrogen) atoms. The molecule has 1 aliphatic rings. The van der Waals surface area contributed by atoms with Crippen LogP contribution in [0.25, 0.3) is 10.8 Å². The van der Waals surface area contributed by atoms with Gasteiger partial charge in [-0.25, -0.2) is 0 Å². The Morgan fingerprint density at radius 3 is 2.60 bits per heavy atom. The van der Waals surface area contributed by atoms with Gasteiger partial charge in [0.25, 0.3) is 0 Å². The molecule has 3 rings (SSSR count). The Bertz CT molecular complexity index is 558. The molecule has 0 saturated carbocycles. The van der Waals surface area contributed by atoms with Crippen LogP contribution in [0, 0.1) is 0 Å². The van der Waals surface area contributed by atoms with E-state index in [1.54, 1.807) is 0 Å². The molecule has 0 aromatic heterocycles. The molecule has 1 fully saturated rings. The maximum atomic E-state index is 9.46. The van der Waals surface area contributed by atoms with Crippen molar-refractivity contribution in [1.82, 2.24) is 10.2 Å². The van der Waals surface area contributed by atoms with Gasteiger partial charge >= 0.3 is 0 Å². The van der Waals surface area contributed by atoms with Crippen molar-refractivity contribution in [1.29, 1.82) is 0 Å². The standard InChI is InChI=1S/C17H22N2O/c20-13-8-17(19-11-9-18-10-12-19)16-7-3-5-14-4-1-2-6-15(14)16/h1-7,17-18,20H,8-13H2/t17-/m0/s1. The first-order valence-corrected chi connectivity index (χ1v) is 7.43. The average molecular weight is 270 g/mol. The van der Waals surface area contributed by atoms with Crippen LogP contribution in [0.1, 0.15) is 18.0 Å². The second-order valence-corrected chi connectivity index (χ2v) is 5.38. The second kappa shape index (κ2) is 6.35. The van der Waals surface area contributed by atoms with Crippen molar-refractivity contribution in [3.05, 3.63) is 48.0 Å². The van der Waals surface area contributed by atoms with Crippen molar-refractivity contribution in [2.24, 2.45) is 0 Å². The normalized spacial score (nSPS) is 18.2. The van der Waals surface area contributed by atoms with E-state index in [1.165, 1.54) is 16.3 Å². The van der Waals surface area contributed by atoms with E-state index in [0.717, 1.165) is 32.6 Å². The van der Waals surface area contributed by atoms with Crippen LogP contribution in [0.2, 0.25) is 0 Å². The summed E-state index contributed by atoms with van der Waals surface area (Å²) in [6, 6.07) is 15.3. The molecule has 0 spiro atoms. The maximum Gasteiger partial charge on any atom is 0.0449 e. The van der Waals surface area contributed by atoms with E-state index in [2.05, 4.69) is 52.7 Å². The van der Waals surface area contributed by atoms with Gasteiger partial charge in [0.1, 0.15) is 0 Å². The average Bonchev–Trinajstić information content (AvgIpc) is 2.53. The highest BCUT2D eigenvalue weighted by Gasteiger charge is 2.22. The number of nitrogens with zero attached hydrogens (tertiary/aromatic N) is 1. The van der Waals surface area contributed by atoms with Crippen LogP contribution < -0.4 is 5.32 Å². The number of hydrogen-bond donors (Lipinski definition) is 2. The van der Waals surface area contributed by atoms with E-state index in [-0.39, 0.29) is 6.61 Å². The Labute approximate surface area is 120 Å². The molecule has 1 aliphatic heterocycles. The molecule has 2 aromatic rings. The lowest BCUT2D eigenvalue weighted by atomic mass is 9.95. The lowest BCUT2D eigenvalue weighted by Gasteiger charge is -2.35. The van der Waals surface area contributed by atoms with Crippen molar-refractivity contribution in [2.75, 3.05) is 32.8 Å². The zero-order chi connectivity index (χ0) is 13.8. The van der Waals surface area contributed by atoms with Gasteiger partial charge in [0.15, 0.2) is 0 Å². The highest BCUT2D eigenvalue weighted by molar-refractivity contribution is 5.86. The fraction of sp³-hybridized carbons (Fsp3) is 0.412. The SMILES string of the molecule is OCC[C@@H](c1cccc2ccccc12)N1CCNCC1. The summed E-state index contributed by atoms with van der Waals surface area (Å²) in [5.74, 6) is 0. The summed E-state index contributed by atoms with van der Waals surface area (Å²) in [6.07, 6.45) is 0.800. The van der Waals surface area contributed by atoms with E-state index < -0.39 is 0 Å². The number of aliphatic hydroxyl groups excluding tert-OH is 1. The van der Waals surface area contributed by atoms with Gasteiger partial charge in [0.2, 0.25) is 0 Å². The Balaban J connectivity index is 2.00. The Kier molecular flexibility index (Phi) is 4.31. The van der Waals surface area contributed by atoms with Gasteiger partial charge in [-0.3, -0.25) is 4.90 Å². The molecule has 2 aromatic carbocycles. The first kappa shape index (κ1) is 13.6. The van der Waals surface area contributed by atoms with Gasteiger partial charge in [-0.1, -0.05) is 42.5 Å². The molecule has 0 amide bonds. The van der Waals surface area contributed by atoms with Gasteiger partial charge in [-0.2, -0.15) is 0 Å². The van der Waals surface area contributed by atoms with Crippen molar-refractivity contribution in [3.63, 3.8) is 0 Å². The number of fused-ring (bicyclic) bond motifs is 1. The quantitative estimate of drug-likeness (QED) is 0.894. The largest absolute Gasteiger partial charge is 0.396 e. The minimum absolute atomic E-state index is 0.234. The number of rotatable bonds is 4. The molecule has 0 unspecified atom stereocenters. The zero-order valence-electron chi connectivity index (χ0n) is 11.8. The van der Waals surface area contributed by atoms with Crippen LogP contribution in [0.3, 0.4) is 0 Å². The summed E-state index contributed by atoms with van der Waals surface area (Å²) in [7, 11) is 0. The fourth-order valence-corrected chi connectivity index (χ4v) is 3.19. The van der Waals surface area contributed by atoms with Crippen molar-refractivity contribution in [3.8, 4) is 0 Å². The summed E-state index contributed by atoms with van der Waals surface area (Å²) in [4.78, 5) is 2.49. The number of aliphatic hydroxyl groups is 1. The molecule has 1 saturated heterocycles. The van der Waals surface area contributed by atoms with E-state index in [1.807, 2.05) is 0 Å². The molecule has 106 valence electrons. The summed E-state index contributed by atoms with van der Waals surface area (Å²) < 4.78 is 0. The lowest BCUT2D eigenvalue weighted by molar-refractivity contribution is 0.142. The third-order valence-electron chi connectivity index (χ3n) is 4.18. The van der Waals surface area contributed by atoms with Gasteiger partial charge in [0.05, 0.1) is 0 Å². The van der Waals surface area contributed by atoms with Crippen molar-refractivity contribution < 1.29 is 5.11 Å². The number of nitrogens with one attached hydrogen (secondary N) is 1. The minimum Gasteiger partial charge on any atom is -0.396 e. The molecule has 0 bridgehead atoms. The maximum absolute atomic E-state index is 9.46. The molecule has 1 atom stereocenters. The topological polar surface area (TPSA) is 35.5 Å². The highest BCUT2D eigenvalue weighted by atomic mass is 16.3. The van der Waals surface area contributed by atoms with Crippen LogP contribution in [-0.2, 0) is 0 Å². The molecule has 3 nitrogen and oxygen atoms in total. The number of hydrogen-bond acceptors (Lipinski definition) is 3. The molecule has 2 N–H and O–H groups in total. The summed E-state index contributed by atoms with van der Waals surface area (Å²) in [6.45, 7) is 4.40. The molecule has 0 radical (unpaired) electrons. The zero-order valence-corrected chi connectivity index (χ0v) is 11.8. The predicted molar refractivity (Wildman–Crippen MR) is 82.8 cm³/mol. The lowest BCUT2D eigenvalue weighted by Crippen LogP contribution is -2.45. The second-order valence-electron chi connectivity index (χ2n) is 5.38. The Morgan fingerprint density at radius 1 is 1.05 bits per heavy atom. The minimum atomic E-state index is 0.234. The molecule has 3 heteroatoms. The van der Waals surface area contributed by atoms with Crippen LogP contribution in [0.4, 0.5) is 0 Å². The van der Waals surface area contributed by atoms with E-state index in [4.69, 9.17) is 0 Å². The molecule has 0 aliphatic carbocycles. The van der Waals surface area contributed by atoms with Crippen LogP contribution >= 0.6 is 0 Å². The summed E-state index contributed by atoms with van der Waals surface area (Å²) in [5.41, 5.74) is 1.35. The van der Waals surface area contributed by atoms with Crippen LogP contribution in [0.5, 0.6) is 0 Å². The Morgan fingerprint density at radius 2 is 1.80 bits per heavy atom. The highest BCUT2D eigenvalue weighted by Crippen LogP contribution is 2.30. The van der Waals surface area contributed by atoms with E-state index in [9.17, 15) is 5.11 Å². The smallest absolute Gasteiger partial charge is 0.0449 e. The van der Waals surface area contributed by atoms with Gasteiger partial charge in [-0.15, -0.1) is 0 Å². The van der Waals surface area contributed by atoms with Crippen LogP contribution in [0.15, 0.2) is 42.5 Å². The Hall–Kier alpha value is -1.42. The first-order chi connectivity index (χ1) is 9.90. The van der Waals surface area contributed by atoms with Crippen molar-refractivity contribution >= 4 is 10.8 Å². The van der Waals surface area contributed by atoms with E-state index in [0.29, 0.717) is 6.04 Å². The number of piperazine rings is 1. The van der Waals surface area contributed by atoms with E-state index >= 15 is 0 Å². The van der Waals surface area contributed by atoms with Crippen molar-refractivity contribution in [2.45, 2.75) is 12.5 Å². The predicted octanol–water partition coefficient (Wildman–Crippen LogP) is 2.17. The fourth-order valence-electron chi connectivity index (χ4n) is 3.19. The molecular formula is C17H22N2O. The van der Waals surface area contributed by atoms with Gasteiger partial charge in [-0.05, 0) is 22.8 Å². The first-order valence-electron chi connectivity index (χ1n) is 7.43. The van der Waals surface area contributed by atoms with Crippen LogP contribution in [-0.4, -0.2) is 42.8 Å². The van der Waals surface area contributed by atoms with Gasteiger partial charge < -0.3 is 10.4 Å². The number of benzene rings is 2. The monoisotopic (exact) mass is 270 g/mol.